The van der Waals surface area contributed by atoms with E-state index in [-0.39, 0.29) is 5.88 Å². The number of anilines is 1. The molecule has 0 unspecified atom stereocenters. The maximum atomic E-state index is 10.3. The van der Waals surface area contributed by atoms with Gasteiger partial charge in [0.25, 0.3) is 0 Å². The Balaban J connectivity index is 1.48. The van der Waals surface area contributed by atoms with Gasteiger partial charge in [-0.1, -0.05) is 30.3 Å². The van der Waals surface area contributed by atoms with Crippen molar-refractivity contribution in [3.63, 3.8) is 0 Å². The van der Waals surface area contributed by atoms with Crippen LogP contribution < -0.4 is 4.90 Å². The van der Waals surface area contributed by atoms with Crippen LogP contribution in [0.2, 0.25) is 0 Å². The summed E-state index contributed by atoms with van der Waals surface area (Å²) in [6.45, 7) is 2.81. The van der Waals surface area contributed by atoms with E-state index in [1.54, 1.807) is 6.21 Å². The van der Waals surface area contributed by atoms with E-state index in [0.29, 0.717) is 30.7 Å². The summed E-state index contributed by atoms with van der Waals surface area (Å²) in [5.74, 6) is 1.31. The molecule has 28 heavy (non-hydrogen) atoms. The van der Waals surface area contributed by atoms with Crippen LogP contribution in [0.15, 0.2) is 47.6 Å². The van der Waals surface area contributed by atoms with Crippen LogP contribution in [-0.2, 0) is 4.74 Å². The van der Waals surface area contributed by atoms with Crippen LogP contribution in [0, 0.1) is 0 Å². The Hall–Kier alpha value is -3.45. The smallest absolute Gasteiger partial charge is 0.238 e. The summed E-state index contributed by atoms with van der Waals surface area (Å²) in [7, 11) is 0. The van der Waals surface area contributed by atoms with E-state index >= 15 is 0 Å². The van der Waals surface area contributed by atoms with Gasteiger partial charge in [0.2, 0.25) is 11.8 Å². The molecule has 140 valence electrons. The van der Waals surface area contributed by atoms with Crippen LogP contribution in [0.5, 0.6) is 5.88 Å². The highest BCUT2D eigenvalue weighted by molar-refractivity contribution is 6.21. The number of nitrogens with zero attached hydrogens (tertiary/aromatic N) is 4. The Kier molecular flexibility index (Phi) is 4.14. The molecule has 0 bridgehead atoms. The molecule has 2 N–H and O–H groups in total. The number of hydrogen-bond acceptors (Lipinski definition) is 6. The lowest BCUT2D eigenvalue weighted by atomic mass is 10.0. The quantitative estimate of drug-likeness (QED) is 0.736. The highest BCUT2D eigenvalue weighted by atomic mass is 16.5. The highest BCUT2D eigenvalue weighted by Crippen LogP contribution is 2.35. The zero-order valence-corrected chi connectivity index (χ0v) is 15.2. The summed E-state index contributed by atoms with van der Waals surface area (Å²) >= 11 is 0. The molecule has 0 radical (unpaired) electrons. The van der Waals surface area contributed by atoms with Crippen molar-refractivity contribution in [2.75, 3.05) is 31.2 Å². The number of pyridine rings is 1. The van der Waals surface area contributed by atoms with Gasteiger partial charge in [-0.25, -0.2) is 9.98 Å². The molecular formula is C21H19N5O2. The molecule has 0 spiro atoms. The summed E-state index contributed by atoms with van der Waals surface area (Å²) in [5, 5.41) is 10.3. The number of aromatic amines is 1. The summed E-state index contributed by atoms with van der Waals surface area (Å²) in [6.07, 6.45) is 5.46. The van der Waals surface area contributed by atoms with Gasteiger partial charge in [0.15, 0.2) is 5.82 Å². The number of H-pyrrole nitrogens is 1. The molecule has 0 atom stereocenters. The second-order valence-electron chi connectivity index (χ2n) is 6.72. The van der Waals surface area contributed by atoms with Gasteiger partial charge >= 0.3 is 0 Å². The van der Waals surface area contributed by atoms with Gasteiger partial charge in [-0.2, -0.15) is 4.98 Å². The number of aromatic hydroxyl groups is 1. The van der Waals surface area contributed by atoms with E-state index in [0.717, 1.165) is 35.4 Å². The molecule has 5 rings (SSSR count). The Morgan fingerprint density at radius 2 is 1.93 bits per heavy atom. The Morgan fingerprint density at radius 1 is 1.11 bits per heavy atom. The summed E-state index contributed by atoms with van der Waals surface area (Å²) in [4.78, 5) is 18.4. The molecule has 7 heteroatoms. The van der Waals surface area contributed by atoms with E-state index < -0.39 is 0 Å². The second-order valence-corrected chi connectivity index (χ2v) is 6.72. The van der Waals surface area contributed by atoms with Gasteiger partial charge in [0, 0.05) is 42.2 Å². The molecular weight excluding hydrogens is 354 g/mol. The van der Waals surface area contributed by atoms with Crippen molar-refractivity contribution in [2.24, 2.45) is 4.99 Å². The standard InChI is InChI=1S/C21H19N5O2/c27-20-18(24-21(25-20)26-6-8-28-9-7-26)11-16-13-23-19-17(16)10-15(12-22-19)14-4-2-1-3-5-14/h1-5,10-13,27H,6-9H2,(H,24,25)/b16-11-. The van der Waals surface area contributed by atoms with Crippen LogP contribution in [0.25, 0.3) is 22.8 Å². The SMILES string of the molecule is Oc1nc(N2CCOCC2)[nH]c1/C=C1/C=Nc2ncc(-c3ccccc3)cc21. The first-order chi connectivity index (χ1) is 13.8. The normalized spacial score (nSPS) is 17.3. The predicted molar refractivity (Wildman–Crippen MR) is 109 cm³/mol. The molecule has 2 aliphatic rings. The van der Waals surface area contributed by atoms with E-state index in [2.05, 4.69) is 43.0 Å². The van der Waals surface area contributed by atoms with Gasteiger partial charge in [-0.15, -0.1) is 0 Å². The number of rotatable bonds is 3. The molecule has 0 saturated carbocycles. The summed E-state index contributed by atoms with van der Waals surface area (Å²) < 4.78 is 5.37. The molecule has 1 aromatic carbocycles. The van der Waals surface area contributed by atoms with Gasteiger partial charge in [-0.3, -0.25) is 0 Å². The summed E-state index contributed by atoms with van der Waals surface area (Å²) in [6, 6.07) is 12.2. The topological polar surface area (TPSA) is 86.6 Å². The minimum atomic E-state index is -0.0250. The van der Waals surface area contributed by atoms with Gasteiger partial charge in [-0.05, 0) is 17.7 Å². The molecule has 2 aliphatic heterocycles. The fourth-order valence-electron chi connectivity index (χ4n) is 3.42. The fraction of sp³-hybridized carbons (Fsp3) is 0.190. The number of hydrogen-bond donors (Lipinski definition) is 2. The van der Waals surface area contributed by atoms with E-state index in [1.807, 2.05) is 30.5 Å². The third kappa shape index (κ3) is 3.05. The Bertz CT molecular complexity index is 1070. The maximum absolute atomic E-state index is 10.3. The highest BCUT2D eigenvalue weighted by Gasteiger charge is 2.19. The van der Waals surface area contributed by atoms with E-state index in [4.69, 9.17) is 4.74 Å². The van der Waals surface area contributed by atoms with Gasteiger partial charge in [0.1, 0.15) is 5.69 Å². The number of fused-ring (bicyclic) bond motifs is 1. The van der Waals surface area contributed by atoms with Crippen molar-refractivity contribution in [1.82, 2.24) is 15.0 Å². The first-order valence-electron chi connectivity index (χ1n) is 9.21. The number of imidazole rings is 1. The summed E-state index contributed by atoms with van der Waals surface area (Å²) in [5.41, 5.74) is 4.50. The minimum Gasteiger partial charge on any atom is -0.492 e. The van der Waals surface area contributed by atoms with Crippen LogP contribution in [-0.4, -0.2) is 52.6 Å². The number of benzene rings is 1. The zero-order chi connectivity index (χ0) is 18.9. The van der Waals surface area contributed by atoms with Gasteiger partial charge < -0.3 is 19.7 Å². The number of nitrogens with one attached hydrogen (secondary N) is 1. The van der Waals surface area contributed by atoms with Crippen molar-refractivity contribution in [2.45, 2.75) is 0 Å². The average Bonchev–Trinajstić information content (AvgIpc) is 3.33. The van der Waals surface area contributed by atoms with Crippen LogP contribution in [0.4, 0.5) is 11.8 Å². The average molecular weight is 373 g/mol. The maximum Gasteiger partial charge on any atom is 0.238 e. The third-order valence-electron chi connectivity index (χ3n) is 4.92. The first-order valence-corrected chi connectivity index (χ1v) is 9.21. The molecule has 2 aromatic heterocycles. The molecule has 1 fully saturated rings. The molecule has 3 aromatic rings. The number of aromatic nitrogens is 3. The fourth-order valence-corrected chi connectivity index (χ4v) is 3.42. The predicted octanol–water partition coefficient (Wildman–Crippen LogP) is 3.27. The molecule has 1 saturated heterocycles. The van der Waals surface area contributed by atoms with Crippen molar-refractivity contribution in [1.29, 1.82) is 0 Å². The van der Waals surface area contributed by atoms with Crippen molar-refractivity contribution < 1.29 is 9.84 Å². The lowest BCUT2D eigenvalue weighted by Gasteiger charge is -2.25. The molecule has 0 aliphatic carbocycles. The monoisotopic (exact) mass is 373 g/mol. The van der Waals surface area contributed by atoms with Crippen molar-refractivity contribution in [3.05, 3.63) is 53.9 Å². The minimum absolute atomic E-state index is 0.0250. The first kappa shape index (κ1) is 16.7. The molecule has 7 nitrogen and oxygen atoms in total. The Morgan fingerprint density at radius 3 is 2.75 bits per heavy atom. The van der Waals surface area contributed by atoms with Crippen molar-refractivity contribution >= 4 is 29.6 Å². The zero-order valence-electron chi connectivity index (χ0n) is 15.2. The third-order valence-corrected chi connectivity index (χ3v) is 4.92. The van der Waals surface area contributed by atoms with Crippen LogP contribution >= 0.6 is 0 Å². The van der Waals surface area contributed by atoms with E-state index in [1.165, 1.54) is 0 Å². The number of morpholine rings is 1. The molecule has 4 heterocycles. The number of aliphatic imine (C=N–C) groups is 1. The van der Waals surface area contributed by atoms with Gasteiger partial charge in [0.05, 0.1) is 13.2 Å². The molecule has 0 amide bonds. The number of ether oxygens (including phenoxy) is 1. The van der Waals surface area contributed by atoms with Crippen LogP contribution in [0.1, 0.15) is 11.3 Å². The number of allylic oxidation sites excluding steroid dienone is 1. The lowest BCUT2D eigenvalue weighted by molar-refractivity contribution is 0.122. The largest absolute Gasteiger partial charge is 0.492 e. The van der Waals surface area contributed by atoms with Crippen molar-refractivity contribution in [3.8, 4) is 17.0 Å². The Labute approximate surface area is 162 Å². The van der Waals surface area contributed by atoms with Crippen LogP contribution in [0.3, 0.4) is 0 Å². The lowest BCUT2D eigenvalue weighted by Crippen LogP contribution is -2.36. The second kappa shape index (κ2) is 6.94. The van der Waals surface area contributed by atoms with E-state index in [9.17, 15) is 5.11 Å².